The average molecular weight is 250 g/mol. The molecule has 96 valence electrons. The zero-order valence-corrected chi connectivity index (χ0v) is 10.7. The van der Waals surface area contributed by atoms with Crippen molar-refractivity contribution in [2.75, 3.05) is 18.1 Å². The molecule has 0 radical (unpaired) electrons. The lowest BCUT2D eigenvalue weighted by atomic mass is 10.0. The van der Waals surface area contributed by atoms with Crippen molar-refractivity contribution >= 4 is 9.84 Å². The molecular weight excluding hydrogens is 228 g/mol. The standard InChI is InChI=1S/C11H22O4S/c1-2-16(13,14)9-5-6-10(12)11-7-3-4-8-15-11/h10-12H,2-9H2,1H3. The van der Waals surface area contributed by atoms with Gasteiger partial charge < -0.3 is 9.84 Å². The fraction of sp³-hybridized carbons (Fsp3) is 1.00. The highest BCUT2D eigenvalue weighted by atomic mass is 32.2. The number of aliphatic hydroxyl groups excluding tert-OH is 1. The van der Waals surface area contributed by atoms with E-state index in [4.69, 9.17) is 4.74 Å². The summed E-state index contributed by atoms with van der Waals surface area (Å²) in [5, 5.41) is 9.82. The van der Waals surface area contributed by atoms with Crippen LogP contribution in [0.3, 0.4) is 0 Å². The largest absolute Gasteiger partial charge is 0.390 e. The average Bonchev–Trinajstić information content (AvgIpc) is 2.30. The van der Waals surface area contributed by atoms with E-state index in [1.54, 1.807) is 6.92 Å². The van der Waals surface area contributed by atoms with E-state index >= 15 is 0 Å². The molecule has 16 heavy (non-hydrogen) atoms. The van der Waals surface area contributed by atoms with Crippen LogP contribution in [-0.2, 0) is 14.6 Å². The van der Waals surface area contributed by atoms with E-state index in [9.17, 15) is 13.5 Å². The van der Waals surface area contributed by atoms with Crippen molar-refractivity contribution in [1.82, 2.24) is 0 Å². The molecule has 2 atom stereocenters. The van der Waals surface area contributed by atoms with Gasteiger partial charge in [0, 0.05) is 12.4 Å². The van der Waals surface area contributed by atoms with Crippen LogP contribution < -0.4 is 0 Å². The van der Waals surface area contributed by atoms with E-state index in [2.05, 4.69) is 0 Å². The van der Waals surface area contributed by atoms with Crippen molar-refractivity contribution in [2.45, 2.75) is 51.2 Å². The zero-order valence-electron chi connectivity index (χ0n) is 9.89. The zero-order chi connectivity index (χ0) is 12.0. The maximum atomic E-state index is 11.2. The van der Waals surface area contributed by atoms with Crippen LogP contribution in [0.15, 0.2) is 0 Å². The molecule has 1 rings (SSSR count). The molecule has 0 bridgehead atoms. The van der Waals surface area contributed by atoms with Crippen LogP contribution in [0, 0.1) is 0 Å². The molecule has 1 fully saturated rings. The molecule has 0 amide bonds. The van der Waals surface area contributed by atoms with Gasteiger partial charge in [0.1, 0.15) is 9.84 Å². The molecule has 0 aliphatic carbocycles. The topological polar surface area (TPSA) is 63.6 Å². The predicted octanol–water partition coefficient (Wildman–Crippen LogP) is 1.13. The normalized spacial score (nSPS) is 24.2. The SMILES string of the molecule is CCS(=O)(=O)CCCC(O)C1CCCCO1. The number of aliphatic hydroxyl groups is 1. The second-order valence-electron chi connectivity index (χ2n) is 4.35. The fourth-order valence-electron chi connectivity index (χ4n) is 1.91. The third-order valence-electron chi connectivity index (χ3n) is 3.04. The van der Waals surface area contributed by atoms with Gasteiger partial charge in [0.2, 0.25) is 0 Å². The van der Waals surface area contributed by atoms with Crippen molar-refractivity contribution in [3.05, 3.63) is 0 Å². The second kappa shape index (κ2) is 6.57. The summed E-state index contributed by atoms with van der Waals surface area (Å²) in [6.07, 6.45) is 3.50. The van der Waals surface area contributed by atoms with Gasteiger partial charge in [0.05, 0.1) is 18.0 Å². The van der Waals surface area contributed by atoms with E-state index < -0.39 is 15.9 Å². The van der Waals surface area contributed by atoms with Crippen LogP contribution in [0.4, 0.5) is 0 Å². The van der Waals surface area contributed by atoms with E-state index in [-0.39, 0.29) is 17.6 Å². The lowest BCUT2D eigenvalue weighted by Crippen LogP contribution is -2.32. The highest BCUT2D eigenvalue weighted by molar-refractivity contribution is 7.91. The monoisotopic (exact) mass is 250 g/mol. The van der Waals surface area contributed by atoms with Gasteiger partial charge in [-0.3, -0.25) is 0 Å². The van der Waals surface area contributed by atoms with Crippen molar-refractivity contribution in [3.8, 4) is 0 Å². The Kier molecular flexibility index (Phi) is 5.72. The summed E-state index contributed by atoms with van der Waals surface area (Å²) in [6.45, 7) is 2.37. The minimum atomic E-state index is -2.90. The molecular formula is C11H22O4S. The molecule has 4 nitrogen and oxygen atoms in total. The molecule has 5 heteroatoms. The Morgan fingerprint density at radius 2 is 2.19 bits per heavy atom. The molecule has 2 unspecified atom stereocenters. The number of hydrogen-bond acceptors (Lipinski definition) is 4. The van der Waals surface area contributed by atoms with Crippen LogP contribution >= 0.6 is 0 Å². The van der Waals surface area contributed by atoms with Crippen LogP contribution in [-0.4, -0.2) is 43.8 Å². The van der Waals surface area contributed by atoms with Crippen LogP contribution in [0.2, 0.25) is 0 Å². The van der Waals surface area contributed by atoms with Crippen LogP contribution in [0.1, 0.15) is 39.0 Å². The lowest BCUT2D eigenvalue weighted by Gasteiger charge is -2.27. The highest BCUT2D eigenvalue weighted by Gasteiger charge is 2.22. The van der Waals surface area contributed by atoms with Crippen molar-refractivity contribution in [1.29, 1.82) is 0 Å². The van der Waals surface area contributed by atoms with Gasteiger partial charge in [-0.2, -0.15) is 0 Å². The van der Waals surface area contributed by atoms with Gasteiger partial charge in [0.15, 0.2) is 0 Å². The first-order valence-electron chi connectivity index (χ1n) is 6.05. The van der Waals surface area contributed by atoms with E-state index in [0.717, 1.165) is 25.9 Å². The van der Waals surface area contributed by atoms with Crippen LogP contribution in [0.25, 0.3) is 0 Å². The van der Waals surface area contributed by atoms with E-state index in [0.29, 0.717) is 12.8 Å². The van der Waals surface area contributed by atoms with Gasteiger partial charge in [0.25, 0.3) is 0 Å². The van der Waals surface area contributed by atoms with Gasteiger partial charge in [-0.25, -0.2) is 8.42 Å². The Morgan fingerprint density at radius 1 is 1.44 bits per heavy atom. The minimum Gasteiger partial charge on any atom is -0.390 e. The predicted molar refractivity (Wildman–Crippen MR) is 63.2 cm³/mol. The van der Waals surface area contributed by atoms with E-state index in [1.165, 1.54) is 0 Å². The summed E-state index contributed by atoms with van der Waals surface area (Å²) in [6, 6.07) is 0. The number of hydrogen-bond donors (Lipinski definition) is 1. The molecule has 1 aliphatic rings. The summed E-state index contributed by atoms with van der Waals surface area (Å²) in [5.41, 5.74) is 0. The van der Waals surface area contributed by atoms with Crippen molar-refractivity contribution in [3.63, 3.8) is 0 Å². The summed E-state index contributed by atoms with van der Waals surface area (Å²) in [5.74, 6) is 0.357. The Hall–Kier alpha value is -0.130. The molecule has 1 aliphatic heterocycles. The summed E-state index contributed by atoms with van der Waals surface area (Å²) in [7, 11) is -2.90. The Balaban J connectivity index is 2.21. The molecule has 1 saturated heterocycles. The summed E-state index contributed by atoms with van der Waals surface area (Å²) in [4.78, 5) is 0. The minimum absolute atomic E-state index is 0.0851. The molecule has 1 N–H and O–H groups in total. The second-order valence-corrected chi connectivity index (χ2v) is 6.82. The first-order chi connectivity index (χ1) is 7.55. The van der Waals surface area contributed by atoms with E-state index in [1.807, 2.05) is 0 Å². The smallest absolute Gasteiger partial charge is 0.150 e. The fourth-order valence-corrected chi connectivity index (χ4v) is 2.81. The first-order valence-corrected chi connectivity index (χ1v) is 7.87. The third kappa shape index (κ3) is 4.80. The summed E-state index contributed by atoms with van der Waals surface area (Å²) >= 11 is 0. The maximum absolute atomic E-state index is 11.2. The molecule has 0 aromatic carbocycles. The Bertz CT molecular complexity index is 280. The molecule has 0 aromatic heterocycles. The number of rotatable bonds is 6. The Morgan fingerprint density at radius 3 is 2.75 bits per heavy atom. The lowest BCUT2D eigenvalue weighted by molar-refractivity contribution is -0.0642. The first kappa shape index (κ1) is 13.9. The van der Waals surface area contributed by atoms with Gasteiger partial charge in [-0.05, 0) is 32.1 Å². The van der Waals surface area contributed by atoms with Gasteiger partial charge in [-0.1, -0.05) is 6.92 Å². The van der Waals surface area contributed by atoms with Gasteiger partial charge >= 0.3 is 0 Å². The number of ether oxygens (including phenoxy) is 1. The molecule has 0 saturated carbocycles. The van der Waals surface area contributed by atoms with Crippen LogP contribution in [0.5, 0.6) is 0 Å². The third-order valence-corrected chi connectivity index (χ3v) is 4.83. The van der Waals surface area contributed by atoms with Crippen molar-refractivity contribution in [2.24, 2.45) is 0 Å². The number of sulfone groups is 1. The Labute approximate surface area is 97.9 Å². The summed E-state index contributed by atoms with van der Waals surface area (Å²) < 4.78 is 27.9. The maximum Gasteiger partial charge on any atom is 0.150 e. The quantitative estimate of drug-likeness (QED) is 0.767. The molecule has 0 spiro atoms. The van der Waals surface area contributed by atoms with Crippen molar-refractivity contribution < 1.29 is 18.3 Å². The molecule has 0 aromatic rings. The highest BCUT2D eigenvalue weighted by Crippen LogP contribution is 2.18. The van der Waals surface area contributed by atoms with Gasteiger partial charge in [-0.15, -0.1) is 0 Å². The molecule has 1 heterocycles.